The summed E-state index contributed by atoms with van der Waals surface area (Å²) in [4.78, 5) is 32.9. The molecule has 1 saturated heterocycles. The molecule has 11 heteroatoms. The fourth-order valence-corrected chi connectivity index (χ4v) is 2.63. The van der Waals surface area contributed by atoms with Gasteiger partial charge in [0.25, 0.3) is 0 Å². The predicted molar refractivity (Wildman–Crippen MR) is 60.9 cm³/mol. The molecule has 0 aromatic carbocycles. The number of aliphatic hydroxyl groups excluding tert-OH is 2. The third-order valence-electron chi connectivity index (χ3n) is 2.67. The first-order valence-electron chi connectivity index (χ1n) is 5.13. The van der Waals surface area contributed by atoms with Crippen molar-refractivity contribution in [3.8, 4) is 0 Å². The lowest BCUT2D eigenvalue weighted by atomic mass is 10.2. The van der Waals surface area contributed by atoms with Gasteiger partial charge in [-0.15, -0.1) is 0 Å². The van der Waals surface area contributed by atoms with E-state index in [1.807, 2.05) is 0 Å². The first-order chi connectivity index (χ1) is 8.71. The van der Waals surface area contributed by atoms with Gasteiger partial charge in [-0.25, -0.2) is 4.79 Å². The lowest BCUT2D eigenvalue weighted by molar-refractivity contribution is -0.0279. The minimum absolute atomic E-state index is 0.0548. The third kappa shape index (κ3) is 2.54. The van der Waals surface area contributed by atoms with Crippen LogP contribution in [0.4, 0.5) is 5.82 Å². The van der Waals surface area contributed by atoms with Gasteiger partial charge in [0.15, 0.2) is 12.1 Å². The van der Waals surface area contributed by atoms with E-state index in [1.54, 1.807) is 0 Å². The van der Waals surface area contributed by atoms with Crippen molar-refractivity contribution < 1.29 is 29.3 Å². The highest BCUT2D eigenvalue weighted by molar-refractivity contribution is 7.52. The molecule has 10 nitrogen and oxygen atoms in total. The van der Waals surface area contributed by atoms with E-state index in [0.29, 0.717) is 0 Å². The molecule has 0 aliphatic carbocycles. The summed E-state index contributed by atoms with van der Waals surface area (Å²) in [6.07, 6.45) is -3.81. The Bertz CT molecular complexity index is 584. The summed E-state index contributed by atoms with van der Waals surface area (Å²) < 4.78 is 16.7. The van der Waals surface area contributed by atoms with Crippen LogP contribution in [0.1, 0.15) is 6.23 Å². The van der Waals surface area contributed by atoms with Crippen molar-refractivity contribution >= 4 is 13.4 Å². The Hall–Kier alpha value is -1.29. The van der Waals surface area contributed by atoms with Crippen molar-refractivity contribution in [2.75, 3.05) is 5.73 Å². The lowest BCUT2D eigenvalue weighted by Crippen LogP contribution is -2.35. The molecule has 2 heterocycles. The number of nitrogen functional groups attached to an aromatic ring is 1. The van der Waals surface area contributed by atoms with E-state index in [2.05, 4.69) is 4.98 Å². The maximum Gasteiger partial charge on any atom is 0.356 e. The largest absolute Gasteiger partial charge is 0.387 e. The van der Waals surface area contributed by atoms with Crippen molar-refractivity contribution in [1.82, 2.24) is 9.55 Å². The second kappa shape index (κ2) is 4.67. The van der Waals surface area contributed by atoms with Gasteiger partial charge < -0.3 is 30.5 Å². The highest BCUT2D eigenvalue weighted by Crippen LogP contribution is 2.49. The number of hydrogen-bond donors (Lipinski definition) is 5. The Morgan fingerprint density at radius 1 is 1.37 bits per heavy atom. The van der Waals surface area contributed by atoms with Crippen LogP contribution in [-0.2, 0) is 9.30 Å². The second-order valence-corrected chi connectivity index (χ2v) is 5.72. The molecule has 19 heavy (non-hydrogen) atoms. The van der Waals surface area contributed by atoms with Gasteiger partial charge in [0.1, 0.15) is 18.0 Å². The number of anilines is 1. The van der Waals surface area contributed by atoms with E-state index >= 15 is 0 Å². The van der Waals surface area contributed by atoms with Gasteiger partial charge >= 0.3 is 13.3 Å². The SMILES string of the molecule is Nc1ccn([C@@H]2O[C@@H](P(=O)(O)O)[C@H](O)[C@H]2O)c(=O)n1. The predicted octanol–water partition coefficient (Wildman–Crippen LogP) is -2.42. The molecule has 1 aliphatic heterocycles. The molecular formula is C8H12N3O7P. The van der Waals surface area contributed by atoms with Crippen LogP contribution in [0.2, 0.25) is 0 Å². The number of aromatic nitrogens is 2. The van der Waals surface area contributed by atoms with Crippen LogP contribution >= 0.6 is 7.60 Å². The van der Waals surface area contributed by atoms with Crippen molar-refractivity contribution in [3.05, 3.63) is 22.7 Å². The maximum atomic E-state index is 11.5. The van der Waals surface area contributed by atoms with Crippen LogP contribution in [-0.4, -0.2) is 47.6 Å². The number of nitrogens with zero attached hydrogens (tertiary/aromatic N) is 2. The summed E-state index contributed by atoms with van der Waals surface area (Å²) in [5.74, 6) is -1.96. The first-order valence-corrected chi connectivity index (χ1v) is 6.81. The molecule has 1 aromatic rings. The van der Waals surface area contributed by atoms with Crippen LogP contribution in [0.25, 0.3) is 0 Å². The average Bonchev–Trinajstić information content (AvgIpc) is 2.56. The summed E-state index contributed by atoms with van der Waals surface area (Å²) in [5.41, 5.74) is 4.41. The molecule has 0 bridgehead atoms. The van der Waals surface area contributed by atoms with E-state index in [4.69, 9.17) is 20.3 Å². The number of hydrogen-bond acceptors (Lipinski definition) is 7. The maximum absolute atomic E-state index is 11.5. The molecule has 1 aromatic heterocycles. The number of ether oxygens (including phenoxy) is 1. The van der Waals surface area contributed by atoms with Crippen molar-refractivity contribution in [1.29, 1.82) is 0 Å². The zero-order chi connectivity index (χ0) is 14.4. The highest BCUT2D eigenvalue weighted by Gasteiger charge is 2.51. The van der Waals surface area contributed by atoms with Gasteiger partial charge in [0, 0.05) is 6.20 Å². The smallest absolute Gasteiger partial charge is 0.356 e. The fraction of sp³-hybridized carbons (Fsp3) is 0.500. The van der Waals surface area contributed by atoms with Gasteiger partial charge in [-0.05, 0) is 6.07 Å². The summed E-state index contributed by atoms with van der Waals surface area (Å²) in [6, 6.07) is 1.24. The minimum Gasteiger partial charge on any atom is -0.387 e. The number of rotatable bonds is 2. The standard InChI is InChI=1S/C8H12N3O7P/c9-3-1-2-11(8(14)10-3)6-4(12)5(13)7(18-6)19(15,16)17/h1-2,4-7,12-13H,(H2,9,10,14)(H2,15,16,17)/t4-,5-,6-,7+/m1/s1. The van der Waals surface area contributed by atoms with Gasteiger partial charge in [0.05, 0.1) is 0 Å². The van der Waals surface area contributed by atoms with Crippen LogP contribution in [0.3, 0.4) is 0 Å². The Kier molecular flexibility index (Phi) is 3.47. The Morgan fingerprint density at radius 3 is 2.47 bits per heavy atom. The zero-order valence-corrected chi connectivity index (χ0v) is 10.3. The van der Waals surface area contributed by atoms with E-state index in [9.17, 15) is 19.6 Å². The molecule has 1 fully saturated rings. The van der Waals surface area contributed by atoms with Crippen LogP contribution in [0.5, 0.6) is 0 Å². The Balaban J connectivity index is 2.37. The van der Waals surface area contributed by atoms with Crippen LogP contribution in [0, 0.1) is 0 Å². The fourth-order valence-electron chi connectivity index (χ4n) is 1.77. The summed E-state index contributed by atoms with van der Waals surface area (Å²) >= 11 is 0. The molecular weight excluding hydrogens is 281 g/mol. The summed E-state index contributed by atoms with van der Waals surface area (Å²) in [6.45, 7) is 0. The van der Waals surface area contributed by atoms with E-state index in [1.165, 1.54) is 6.07 Å². The Morgan fingerprint density at radius 2 is 2.00 bits per heavy atom. The Labute approximate surface area is 106 Å². The highest BCUT2D eigenvalue weighted by atomic mass is 31.2. The lowest BCUT2D eigenvalue weighted by Gasteiger charge is -2.16. The monoisotopic (exact) mass is 293 g/mol. The quantitative estimate of drug-likeness (QED) is 0.372. The van der Waals surface area contributed by atoms with Crippen molar-refractivity contribution in [3.63, 3.8) is 0 Å². The van der Waals surface area contributed by atoms with Crippen molar-refractivity contribution in [2.45, 2.75) is 24.3 Å². The second-order valence-electron chi connectivity index (χ2n) is 4.03. The summed E-state index contributed by atoms with van der Waals surface area (Å²) in [5, 5.41) is 19.2. The molecule has 0 saturated carbocycles. The van der Waals surface area contributed by atoms with E-state index in [-0.39, 0.29) is 5.82 Å². The molecule has 4 atom stereocenters. The normalized spacial score (nSPS) is 31.6. The molecule has 0 unspecified atom stereocenters. The molecule has 2 rings (SSSR count). The third-order valence-corrected chi connectivity index (χ3v) is 3.76. The summed E-state index contributed by atoms with van der Waals surface area (Å²) in [7, 11) is -4.78. The molecule has 6 N–H and O–H groups in total. The minimum atomic E-state index is -4.78. The van der Waals surface area contributed by atoms with Gasteiger partial charge in [-0.1, -0.05) is 0 Å². The topological polar surface area (TPSA) is 168 Å². The zero-order valence-electron chi connectivity index (χ0n) is 9.40. The van der Waals surface area contributed by atoms with Gasteiger partial charge in [-0.2, -0.15) is 4.98 Å². The van der Waals surface area contributed by atoms with Crippen LogP contribution < -0.4 is 11.4 Å². The molecule has 0 spiro atoms. The van der Waals surface area contributed by atoms with E-state index < -0.39 is 37.6 Å². The van der Waals surface area contributed by atoms with E-state index in [0.717, 1.165) is 10.8 Å². The average molecular weight is 293 g/mol. The number of nitrogens with two attached hydrogens (primary N) is 1. The van der Waals surface area contributed by atoms with Crippen LogP contribution in [0.15, 0.2) is 17.1 Å². The number of aliphatic hydroxyl groups is 2. The first kappa shape index (κ1) is 14.1. The molecule has 106 valence electrons. The van der Waals surface area contributed by atoms with Gasteiger partial charge in [-0.3, -0.25) is 9.13 Å². The van der Waals surface area contributed by atoms with Crippen molar-refractivity contribution in [2.24, 2.45) is 0 Å². The molecule has 0 radical (unpaired) electrons. The molecule has 0 amide bonds. The molecule has 1 aliphatic rings. The van der Waals surface area contributed by atoms with Gasteiger partial charge in [0.2, 0.25) is 0 Å².